The van der Waals surface area contributed by atoms with Crippen LogP contribution in [-0.4, -0.2) is 46.2 Å². The largest absolute Gasteiger partial charge is 0.386 e. The number of β-amino-alcohol motifs (C(OH)–C–C–N with tert-alkyl or cyclic N) is 1. The van der Waals surface area contributed by atoms with Crippen molar-refractivity contribution in [3.05, 3.63) is 54.1 Å². The maximum atomic E-state index is 13.6. The number of benzene rings is 1. The van der Waals surface area contributed by atoms with Gasteiger partial charge in [0.05, 0.1) is 12.1 Å². The Balaban J connectivity index is 1.50. The second-order valence-electron chi connectivity index (χ2n) is 6.67. The summed E-state index contributed by atoms with van der Waals surface area (Å²) < 4.78 is 13.6. The second-order valence-corrected chi connectivity index (χ2v) is 6.67. The topological polar surface area (TPSA) is 78.4 Å². The molecular formula is C19H23FN4O2. The van der Waals surface area contributed by atoms with Gasteiger partial charge in [-0.25, -0.2) is 14.4 Å². The number of hydrogen-bond donors (Lipinski definition) is 2. The third kappa shape index (κ3) is 4.76. The van der Waals surface area contributed by atoms with Gasteiger partial charge in [0.2, 0.25) is 11.9 Å². The number of aromatic nitrogens is 2. The maximum Gasteiger partial charge on any atom is 0.225 e. The molecule has 0 radical (unpaired) electrons. The SMILES string of the molecule is O=C(CCc1ccccc1F)NCC1(O)CCCN(c2ncccn2)C1. The number of piperidine rings is 1. The highest BCUT2D eigenvalue weighted by molar-refractivity contribution is 5.76. The molecule has 1 saturated heterocycles. The molecule has 1 fully saturated rings. The number of anilines is 1. The number of carbonyl (C=O) groups is 1. The summed E-state index contributed by atoms with van der Waals surface area (Å²) in [6.07, 6.45) is 5.24. The first-order valence-corrected chi connectivity index (χ1v) is 8.80. The molecule has 7 heteroatoms. The van der Waals surface area contributed by atoms with E-state index in [2.05, 4.69) is 15.3 Å². The lowest BCUT2D eigenvalue weighted by Gasteiger charge is -2.39. The van der Waals surface area contributed by atoms with Crippen molar-refractivity contribution >= 4 is 11.9 Å². The van der Waals surface area contributed by atoms with E-state index >= 15 is 0 Å². The number of nitrogens with zero attached hydrogens (tertiary/aromatic N) is 3. The van der Waals surface area contributed by atoms with Gasteiger partial charge in [0.15, 0.2) is 0 Å². The Labute approximate surface area is 152 Å². The summed E-state index contributed by atoms with van der Waals surface area (Å²) in [4.78, 5) is 22.4. The molecule has 0 spiro atoms. The van der Waals surface area contributed by atoms with Crippen LogP contribution in [0.3, 0.4) is 0 Å². The molecule has 2 heterocycles. The highest BCUT2D eigenvalue weighted by Crippen LogP contribution is 2.23. The first-order chi connectivity index (χ1) is 12.6. The maximum absolute atomic E-state index is 13.6. The van der Waals surface area contributed by atoms with Gasteiger partial charge in [-0.3, -0.25) is 4.79 Å². The zero-order valence-electron chi connectivity index (χ0n) is 14.6. The molecule has 1 atom stereocenters. The van der Waals surface area contributed by atoms with E-state index in [-0.39, 0.29) is 24.7 Å². The van der Waals surface area contributed by atoms with Gasteiger partial charge >= 0.3 is 0 Å². The van der Waals surface area contributed by atoms with Crippen molar-refractivity contribution in [2.45, 2.75) is 31.3 Å². The van der Waals surface area contributed by atoms with Crippen molar-refractivity contribution in [2.24, 2.45) is 0 Å². The molecule has 1 aromatic heterocycles. The molecule has 138 valence electrons. The Morgan fingerprint density at radius 1 is 1.27 bits per heavy atom. The molecule has 1 unspecified atom stereocenters. The fourth-order valence-corrected chi connectivity index (χ4v) is 3.18. The van der Waals surface area contributed by atoms with Crippen LogP contribution in [0.15, 0.2) is 42.7 Å². The monoisotopic (exact) mass is 358 g/mol. The number of nitrogens with one attached hydrogen (secondary N) is 1. The first-order valence-electron chi connectivity index (χ1n) is 8.80. The van der Waals surface area contributed by atoms with Crippen molar-refractivity contribution in [1.29, 1.82) is 0 Å². The molecule has 6 nitrogen and oxygen atoms in total. The number of aliphatic hydroxyl groups is 1. The number of aryl methyl sites for hydroxylation is 1. The molecule has 26 heavy (non-hydrogen) atoms. The average molecular weight is 358 g/mol. The Morgan fingerprint density at radius 3 is 2.81 bits per heavy atom. The summed E-state index contributed by atoms with van der Waals surface area (Å²) in [7, 11) is 0. The van der Waals surface area contributed by atoms with E-state index < -0.39 is 5.60 Å². The predicted octanol–water partition coefficient (Wildman–Crippen LogP) is 1.70. The molecule has 1 aliphatic rings. The van der Waals surface area contributed by atoms with Crippen molar-refractivity contribution in [1.82, 2.24) is 15.3 Å². The summed E-state index contributed by atoms with van der Waals surface area (Å²) in [5.74, 6) is 0.0796. The third-order valence-electron chi connectivity index (χ3n) is 4.58. The lowest BCUT2D eigenvalue weighted by molar-refractivity contribution is -0.122. The number of rotatable bonds is 6. The van der Waals surface area contributed by atoms with Crippen LogP contribution in [0.4, 0.5) is 10.3 Å². The second kappa shape index (κ2) is 8.23. The number of amides is 1. The molecule has 2 N–H and O–H groups in total. The van der Waals surface area contributed by atoms with E-state index in [0.717, 1.165) is 13.0 Å². The fourth-order valence-electron chi connectivity index (χ4n) is 3.18. The van der Waals surface area contributed by atoms with Crippen molar-refractivity contribution < 1.29 is 14.3 Å². The summed E-state index contributed by atoms with van der Waals surface area (Å²) in [6, 6.07) is 8.18. The van der Waals surface area contributed by atoms with Crippen molar-refractivity contribution in [3.8, 4) is 0 Å². The van der Waals surface area contributed by atoms with Crippen LogP contribution in [0.5, 0.6) is 0 Å². The van der Waals surface area contributed by atoms with Gasteiger partial charge in [-0.15, -0.1) is 0 Å². The molecule has 0 saturated carbocycles. The molecular weight excluding hydrogens is 335 g/mol. The summed E-state index contributed by atoms with van der Waals surface area (Å²) >= 11 is 0. The molecule has 3 rings (SSSR count). The summed E-state index contributed by atoms with van der Waals surface area (Å²) in [5.41, 5.74) is -0.503. The van der Waals surface area contributed by atoms with Crippen LogP contribution in [0.1, 0.15) is 24.8 Å². The van der Waals surface area contributed by atoms with Crippen LogP contribution in [0.2, 0.25) is 0 Å². The van der Waals surface area contributed by atoms with E-state index in [1.54, 1.807) is 36.7 Å². The minimum absolute atomic E-state index is 0.159. The Morgan fingerprint density at radius 2 is 2.04 bits per heavy atom. The molecule has 0 bridgehead atoms. The molecule has 1 aliphatic heterocycles. The standard InChI is InChI=1S/C19H23FN4O2/c20-16-6-2-1-5-15(16)7-8-17(25)23-13-19(26)9-3-12-24(14-19)18-21-10-4-11-22-18/h1-2,4-6,10-11,26H,3,7-9,12-14H2,(H,23,25). The zero-order chi connectivity index (χ0) is 18.4. The first kappa shape index (κ1) is 18.3. The van der Waals surface area contributed by atoms with Gasteiger partial charge in [0, 0.05) is 31.9 Å². The molecule has 1 amide bonds. The minimum Gasteiger partial charge on any atom is -0.386 e. The fraction of sp³-hybridized carbons (Fsp3) is 0.421. The third-order valence-corrected chi connectivity index (χ3v) is 4.58. The van der Waals surface area contributed by atoms with Crippen LogP contribution >= 0.6 is 0 Å². The van der Waals surface area contributed by atoms with Crippen LogP contribution in [-0.2, 0) is 11.2 Å². The quantitative estimate of drug-likeness (QED) is 0.822. The van der Waals surface area contributed by atoms with Crippen molar-refractivity contribution in [3.63, 3.8) is 0 Å². The van der Waals surface area contributed by atoms with Gasteiger partial charge in [0.1, 0.15) is 5.82 Å². The van der Waals surface area contributed by atoms with E-state index in [9.17, 15) is 14.3 Å². The molecule has 1 aromatic carbocycles. The lowest BCUT2D eigenvalue weighted by atomic mass is 9.93. The number of carbonyl (C=O) groups excluding carboxylic acids is 1. The lowest BCUT2D eigenvalue weighted by Crippen LogP contribution is -2.54. The smallest absolute Gasteiger partial charge is 0.225 e. The van der Waals surface area contributed by atoms with Gasteiger partial charge < -0.3 is 15.3 Å². The van der Waals surface area contributed by atoms with Crippen molar-refractivity contribution in [2.75, 3.05) is 24.5 Å². The number of hydrogen-bond acceptors (Lipinski definition) is 5. The normalized spacial score (nSPS) is 20.0. The Bertz CT molecular complexity index is 743. The van der Waals surface area contributed by atoms with Gasteiger partial charge in [0.25, 0.3) is 0 Å². The van der Waals surface area contributed by atoms with Crippen LogP contribution in [0, 0.1) is 5.82 Å². The van der Waals surface area contributed by atoms with Crippen LogP contribution < -0.4 is 10.2 Å². The van der Waals surface area contributed by atoms with E-state index in [4.69, 9.17) is 0 Å². The molecule has 2 aromatic rings. The van der Waals surface area contributed by atoms with E-state index in [0.29, 0.717) is 30.9 Å². The number of halogens is 1. The Hall–Kier alpha value is -2.54. The minimum atomic E-state index is -1.02. The Kier molecular flexibility index (Phi) is 5.78. The van der Waals surface area contributed by atoms with E-state index in [1.165, 1.54) is 6.07 Å². The highest BCUT2D eigenvalue weighted by Gasteiger charge is 2.34. The summed E-state index contributed by atoms with van der Waals surface area (Å²) in [6.45, 7) is 1.30. The van der Waals surface area contributed by atoms with Crippen LogP contribution in [0.25, 0.3) is 0 Å². The van der Waals surface area contributed by atoms with E-state index in [1.807, 2.05) is 4.90 Å². The van der Waals surface area contributed by atoms with Gasteiger partial charge in [-0.2, -0.15) is 0 Å². The zero-order valence-corrected chi connectivity index (χ0v) is 14.6. The highest BCUT2D eigenvalue weighted by atomic mass is 19.1. The summed E-state index contributed by atoms with van der Waals surface area (Å²) in [5, 5.41) is 13.6. The van der Waals surface area contributed by atoms with Gasteiger partial charge in [-0.05, 0) is 37.0 Å². The average Bonchev–Trinajstić information content (AvgIpc) is 2.67. The predicted molar refractivity (Wildman–Crippen MR) is 96.2 cm³/mol. The molecule has 0 aliphatic carbocycles. The van der Waals surface area contributed by atoms with Gasteiger partial charge in [-0.1, -0.05) is 18.2 Å².